The third-order valence-corrected chi connectivity index (χ3v) is 3.53. The predicted octanol–water partition coefficient (Wildman–Crippen LogP) is 3.58. The first-order valence-corrected chi connectivity index (χ1v) is 7.42. The molecule has 0 heterocycles. The van der Waals surface area contributed by atoms with Crippen LogP contribution in [0.2, 0.25) is 0 Å². The summed E-state index contributed by atoms with van der Waals surface area (Å²) in [6.07, 6.45) is 1.35. The summed E-state index contributed by atoms with van der Waals surface area (Å²) >= 11 is 5.36. The highest BCUT2D eigenvalue weighted by molar-refractivity contribution is 7.80. The van der Waals surface area contributed by atoms with Crippen molar-refractivity contribution in [2.75, 3.05) is 0 Å². The van der Waals surface area contributed by atoms with E-state index in [2.05, 4.69) is 5.32 Å². The van der Waals surface area contributed by atoms with Crippen molar-refractivity contribution < 1.29 is 13.9 Å². The Kier molecular flexibility index (Phi) is 4.61. The van der Waals surface area contributed by atoms with Crippen molar-refractivity contribution in [3.05, 3.63) is 35.1 Å². The van der Waals surface area contributed by atoms with E-state index < -0.39 is 11.7 Å². The summed E-state index contributed by atoms with van der Waals surface area (Å²) in [4.78, 5) is 12.7. The minimum absolute atomic E-state index is 0.157. The molecule has 1 atom stereocenters. The largest absolute Gasteiger partial charge is 0.444 e. The van der Waals surface area contributed by atoms with Crippen LogP contribution in [0.3, 0.4) is 0 Å². The number of alkyl carbamates (subject to hydrolysis) is 1. The standard InChI is InChI=1S/C16H20FNO2S/c1-16(2,3)20-15(19)18-13-7-11-6-12(17)5-4-10(11)8-14(21)9-13/h4-6,13H,7-9H2,1-3H3,(H,18,19). The molecule has 0 aliphatic heterocycles. The topological polar surface area (TPSA) is 38.3 Å². The zero-order chi connectivity index (χ0) is 15.6. The van der Waals surface area contributed by atoms with E-state index in [0.717, 1.165) is 16.0 Å². The quantitative estimate of drug-likeness (QED) is 0.636. The van der Waals surface area contributed by atoms with Crippen molar-refractivity contribution in [1.82, 2.24) is 5.32 Å². The van der Waals surface area contributed by atoms with E-state index in [0.29, 0.717) is 19.3 Å². The van der Waals surface area contributed by atoms with Crippen LogP contribution in [-0.4, -0.2) is 22.6 Å². The van der Waals surface area contributed by atoms with Crippen molar-refractivity contribution in [1.29, 1.82) is 0 Å². The number of carbonyl (C=O) groups excluding carboxylic acids is 1. The third-order valence-electron chi connectivity index (χ3n) is 3.22. The third kappa shape index (κ3) is 4.77. The molecular formula is C16H20FNO2S. The summed E-state index contributed by atoms with van der Waals surface area (Å²) in [6, 6.07) is 4.58. The van der Waals surface area contributed by atoms with Gasteiger partial charge in [-0.2, -0.15) is 0 Å². The lowest BCUT2D eigenvalue weighted by molar-refractivity contribution is 0.0506. The Morgan fingerprint density at radius 3 is 2.71 bits per heavy atom. The molecule has 0 spiro atoms. The van der Waals surface area contributed by atoms with E-state index in [1.54, 1.807) is 6.07 Å². The van der Waals surface area contributed by atoms with Crippen LogP contribution in [0.15, 0.2) is 18.2 Å². The van der Waals surface area contributed by atoms with E-state index in [1.165, 1.54) is 12.1 Å². The normalized spacial score (nSPS) is 18.7. The van der Waals surface area contributed by atoms with Gasteiger partial charge in [0.1, 0.15) is 11.4 Å². The zero-order valence-electron chi connectivity index (χ0n) is 12.5. The SMILES string of the molecule is CC(C)(C)OC(=O)NC1CC(=S)Cc2ccc(F)cc2C1. The number of carbonyl (C=O) groups is 1. The summed E-state index contributed by atoms with van der Waals surface area (Å²) in [7, 11) is 0. The first-order valence-electron chi connectivity index (χ1n) is 7.01. The fraction of sp³-hybridized carbons (Fsp3) is 0.500. The van der Waals surface area contributed by atoms with Crippen LogP contribution in [0, 0.1) is 5.82 Å². The minimum Gasteiger partial charge on any atom is -0.444 e. The number of amides is 1. The Morgan fingerprint density at radius 1 is 1.33 bits per heavy atom. The van der Waals surface area contributed by atoms with Gasteiger partial charge < -0.3 is 10.1 Å². The van der Waals surface area contributed by atoms with Crippen LogP contribution in [0.4, 0.5) is 9.18 Å². The average Bonchev–Trinajstić information content (AvgIpc) is 2.43. The van der Waals surface area contributed by atoms with E-state index in [9.17, 15) is 9.18 Å². The summed E-state index contributed by atoms with van der Waals surface area (Å²) in [5.41, 5.74) is 1.39. The van der Waals surface area contributed by atoms with E-state index >= 15 is 0 Å². The Morgan fingerprint density at radius 2 is 2.05 bits per heavy atom. The first-order chi connectivity index (χ1) is 9.73. The maximum atomic E-state index is 13.4. The molecule has 1 N–H and O–H groups in total. The van der Waals surface area contributed by atoms with Crippen molar-refractivity contribution in [3.8, 4) is 0 Å². The molecule has 0 saturated heterocycles. The van der Waals surface area contributed by atoms with Gasteiger partial charge in [-0.05, 0) is 61.7 Å². The smallest absolute Gasteiger partial charge is 0.407 e. The number of nitrogens with one attached hydrogen (secondary N) is 1. The molecule has 21 heavy (non-hydrogen) atoms. The van der Waals surface area contributed by atoms with Crippen LogP contribution in [0.25, 0.3) is 0 Å². The molecule has 3 nitrogen and oxygen atoms in total. The second kappa shape index (κ2) is 6.10. The summed E-state index contributed by atoms with van der Waals surface area (Å²) in [6.45, 7) is 5.44. The fourth-order valence-electron chi connectivity index (χ4n) is 2.43. The summed E-state index contributed by atoms with van der Waals surface area (Å²) in [5.74, 6) is -0.266. The Hall–Kier alpha value is -1.49. The molecule has 1 aliphatic carbocycles. The van der Waals surface area contributed by atoms with Crippen LogP contribution in [0.1, 0.15) is 38.3 Å². The molecule has 114 valence electrons. The number of ether oxygens (including phenoxy) is 1. The summed E-state index contributed by atoms with van der Waals surface area (Å²) < 4.78 is 18.7. The van der Waals surface area contributed by atoms with E-state index in [4.69, 9.17) is 17.0 Å². The second-order valence-electron chi connectivity index (χ2n) is 6.38. The van der Waals surface area contributed by atoms with Gasteiger partial charge in [-0.15, -0.1) is 0 Å². The van der Waals surface area contributed by atoms with E-state index in [1.807, 2.05) is 20.8 Å². The maximum Gasteiger partial charge on any atom is 0.407 e. The van der Waals surface area contributed by atoms with Gasteiger partial charge in [0.05, 0.1) is 0 Å². The monoisotopic (exact) mass is 309 g/mol. The number of hydrogen-bond donors (Lipinski definition) is 1. The molecule has 5 heteroatoms. The van der Waals surface area contributed by atoms with Gasteiger partial charge in [0, 0.05) is 12.5 Å². The summed E-state index contributed by atoms with van der Waals surface area (Å²) in [5, 5.41) is 2.84. The second-order valence-corrected chi connectivity index (χ2v) is 6.96. The lowest BCUT2D eigenvalue weighted by Crippen LogP contribution is -2.40. The van der Waals surface area contributed by atoms with Gasteiger partial charge in [0.25, 0.3) is 0 Å². The molecule has 0 saturated carbocycles. The van der Waals surface area contributed by atoms with Crippen LogP contribution < -0.4 is 5.32 Å². The van der Waals surface area contributed by atoms with E-state index in [-0.39, 0.29) is 11.9 Å². The number of halogens is 1. The van der Waals surface area contributed by atoms with Crippen molar-refractivity contribution >= 4 is 23.2 Å². The molecule has 0 bridgehead atoms. The molecule has 0 fully saturated rings. The average molecular weight is 309 g/mol. The highest BCUT2D eigenvalue weighted by Gasteiger charge is 2.24. The number of rotatable bonds is 1. The fourth-order valence-corrected chi connectivity index (χ4v) is 2.79. The van der Waals surface area contributed by atoms with Gasteiger partial charge in [0.15, 0.2) is 0 Å². The van der Waals surface area contributed by atoms with Gasteiger partial charge >= 0.3 is 6.09 Å². The molecule has 2 rings (SSSR count). The van der Waals surface area contributed by atoms with Gasteiger partial charge in [0.2, 0.25) is 0 Å². The molecule has 0 aromatic heterocycles. The Balaban J connectivity index is 2.11. The predicted molar refractivity (Wildman–Crippen MR) is 84.2 cm³/mol. The zero-order valence-corrected chi connectivity index (χ0v) is 13.3. The van der Waals surface area contributed by atoms with Gasteiger partial charge in [-0.25, -0.2) is 9.18 Å². The highest BCUT2D eigenvalue weighted by atomic mass is 32.1. The Bertz CT molecular complexity index is 566. The number of hydrogen-bond acceptors (Lipinski definition) is 3. The number of thiocarbonyl (C=S) groups is 1. The van der Waals surface area contributed by atoms with Crippen LogP contribution >= 0.6 is 12.2 Å². The molecule has 0 radical (unpaired) electrons. The molecule has 1 unspecified atom stereocenters. The lowest BCUT2D eigenvalue weighted by atomic mass is 10.0. The lowest BCUT2D eigenvalue weighted by Gasteiger charge is -2.23. The first kappa shape index (κ1) is 15.9. The van der Waals surface area contributed by atoms with Crippen LogP contribution in [0.5, 0.6) is 0 Å². The molecule has 1 aromatic carbocycles. The molecule has 1 amide bonds. The minimum atomic E-state index is -0.542. The number of benzene rings is 1. The van der Waals surface area contributed by atoms with Gasteiger partial charge in [-0.3, -0.25) is 0 Å². The molecule has 1 aromatic rings. The van der Waals surface area contributed by atoms with Crippen molar-refractivity contribution in [2.24, 2.45) is 0 Å². The Labute approximate surface area is 129 Å². The van der Waals surface area contributed by atoms with Crippen molar-refractivity contribution in [2.45, 2.75) is 51.7 Å². The van der Waals surface area contributed by atoms with Crippen LogP contribution in [-0.2, 0) is 17.6 Å². The molecule has 1 aliphatic rings. The highest BCUT2D eigenvalue weighted by Crippen LogP contribution is 2.21. The number of fused-ring (bicyclic) bond motifs is 1. The van der Waals surface area contributed by atoms with Crippen molar-refractivity contribution in [3.63, 3.8) is 0 Å². The molecular weight excluding hydrogens is 289 g/mol. The maximum absolute atomic E-state index is 13.4. The van der Waals surface area contributed by atoms with Gasteiger partial charge in [-0.1, -0.05) is 18.3 Å².